The Bertz CT molecular complexity index is 767. The Morgan fingerprint density at radius 3 is 2.32 bits per heavy atom. The lowest BCUT2D eigenvalue weighted by atomic mass is 9.84. The molecule has 0 atom stereocenters. The van der Waals surface area contributed by atoms with Crippen LogP contribution in [-0.4, -0.2) is 67.7 Å². The number of rotatable bonds is 5. The van der Waals surface area contributed by atoms with Crippen molar-refractivity contribution in [2.45, 2.75) is 19.3 Å². The third-order valence-electron chi connectivity index (χ3n) is 5.19. The largest absolute Gasteiger partial charge is 0.497 e. The van der Waals surface area contributed by atoms with Gasteiger partial charge < -0.3 is 19.9 Å². The average Bonchev–Trinajstić information content (AvgIpc) is 2.75. The van der Waals surface area contributed by atoms with Crippen LogP contribution in [0.15, 0.2) is 47.7 Å². The smallest absolute Gasteiger partial charge is 0.225 e. The molecule has 0 radical (unpaired) electrons. The van der Waals surface area contributed by atoms with Gasteiger partial charge in [0.05, 0.1) is 7.11 Å². The van der Waals surface area contributed by atoms with Gasteiger partial charge in [-0.25, -0.2) is 9.97 Å². The third-order valence-corrected chi connectivity index (χ3v) is 5.19. The van der Waals surface area contributed by atoms with Crippen molar-refractivity contribution in [2.24, 2.45) is 4.99 Å². The number of piperazine rings is 1. The molecule has 0 saturated carbocycles. The Hall–Kier alpha value is -2.83. The molecule has 0 aliphatic carbocycles. The molecule has 1 fully saturated rings. The van der Waals surface area contributed by atoms with E-state index in [1.807, 2.05) is 25.2 Å². The van der Waals surface area contributed by atoms with Crippen molar-refractivity contribution in [2.75, 3.05) is 51.8 Å². The van der Waals surface area contributed by atoms with Crippen LogP contribution in [0, 0.1) is 0 Å². The molecule has 1 N–H and O–H groups in total. The quantitative estimate of drug-likeness (QED) is 0.631. The van der Waals surface area contributed by atoms with E-state index in [1.165, 1.54) is 5.56 Å². The van der Waals surface area contributed by atoms with E-state index in [0.29, 0.717) is 0 Å². The van der Waals surface area contributed by atoms with Crippen LogP contribution in [0.5, 0.6) is 5.75 Å². The number of methoxy groups -OCH3 is 1. The van der Waals surface area contributed by atoms with E-state index in [2.05, 4.69) is 56.1 Å². The van der Waals surface area contributed by atoms with Crippen LogP contribution >= 0.6 is 0 Å². The molecule has 2 heterocycles. The Balaban J connectivity index is 1.56. The van der Waals surface area contributed by atoms with Crippen molar-refractivity contribution >= 4 is 11.9 Å². The zero-order valence-corrected chi connectivity index (χ0v) is 17.2. The lowest BCUT2D eigenvalue weighted by Gasteiger charge is -2.37. The molecular formula is C21H30N6O. The number of nitrogens with zero attached hydrogens (tertiary/aromatic N) is 5. The highest BCUT2D eigenvalue weighted by Crippen LogP contribution is 2.24. The molecule has 1 aromatic carbocycles. The van der Waals surface area contributed by atoms with Crippen LogP contribution in [0.4, 0.5) is 5.95 Å². The van der Waals surface area contributed by atoms with Gasteiger partial charge in [-0.2, -0.15) is 0 Å². The topological polar surface area (TPSA) is 65.9 Å². The number of aromatic nitrogens is 2. The summed E-state index contributed by atoms with van der Waals surface area (Å²) in [5.74, 6) is 2.62. The van der Waals surface area contributed by atoms with E-state index in [9.17, 15) is 0 Å². The molecule has 0 spiro atoms. The summed E-state index contributed by atoms with van der Waals surface area (Å²) >= 11 is 0. The molecule has 150 valence electrons. The van der Waals surface area contributed by atoms with Gasteiger partial charge in [0.2, 0.25) is 5.95 Å². The van der Waals surface area contributed by atoms with E-state index in [4.69, 9.17) is 4.74 Å². The van der Waals surface area contributed by atoms with Gasteiger partial charge in [-0.3, -0.25) is 4.99 Å². The van der Waals surface area contributed by atoms with Gasteiger partial charge in [-0.05, 0) is 23.8 Å². The molecule has 0 unspecified atom stereocenters. The van der Waals surface area contributed by atoms with Crippen molar-refractivity contribution < 1.29 is 4.74 Å². The van der Waals surface area contributed by atoms with Crippen molar-refractivity contribution in [3.05, 3.63) is 48.3 Å². The number of ether oxygens (including phenoxy) is 1. The molecule has 1 aliphatic heterocycles. The predicted octanol–water partition coefficient (Wildman–Crippen LogP) is 2.16. The van der Waals surface area contributed by atoms with Crippen molar-refractivity contribution in [3.8, 4) is 5.75 Å². The summed E-state index contributed by atoms with van der Waals surface area (Å²) < 4.78 is 5.26. The van der Waals surface area contributed by atoms with E-state index in [0.717, 1.165) is 50.4 Å². The Labute approximate surface area is 167 Å². The Kier molecular flexibility index (Phi) is 6.34. The third kappa shape index (κ3) is 4.71. The van der Waals surface area contributed by atoms with Crippen LogP contribution in [0.25, 0.3) is 0 Å². The van der Waals surface area contributed by atoms with Gasteiger partial charge in [0.25, 0.3) is 0 Å². The molecule has 7 nitrogen and oxygen atoms in total. The minimum atomic E-state index is -0.0259. The van der Waals surface area contributed by atoms with E-state index >= 15 is 0 Å². The Morgan fingerprint density at radius 1 is 1.11 bits per heavy atom. The maximum atomic E-state index is 5.26. The lowest BCUT2D eigenvalue weighted by molar-refractivity contribution is 0.364. The molecule has 1 aromatic heterocycles. The van der Waals surface area contributed by atoms with Crippen LogP contribution in [0.2, 0.25) is 0 Å². The first kappa shape index (κ1) is 19.9. The average molecular weight is 383 g/mol. The first-order valence-corrected chi connectivity index (χ1v) is 9.65. The normalized spacial score (nSPS) is 15.5. The fourth-order valence-corrected chi connectivity index (χ4v) is 3.35. The van der Waals surface area contributed by atoms with Crippen LogP contribution in [0.1, 0.15) is 19.4 Å². The van der Waals surface area contributed by atoms with Crippen molar-refractivity contribution in [1.29, 1.82) is 0 Å². The number of benzene rings is 1. The number of guanidine groups is 1. The maximum absolute atomic E-state index is 5.26. The zero-order valence-electron chi connectivity index (χ0n) is 17.2. The van der Waals surface area contributed by atoms with Crippen molar-refractivity contribution in [3.63, 3.8) is 0 Å². The zero-order chi connectivity index (χ0) is 20.0. The van der Waals surface area contributed by atoms with Crippen molar-refractivity contribution in [1.82, 2.24) is 20.2 Å². The molecule has 7 heteroatoms. The van der Waals surface area contributed by atoms with Gasteiger partial charge in [-0.15, -0.1) is 0 Å². The molecule has 1 saturated heterocycles. The minimum absolute atomic E-state index is 0.0259. The van der Waals surface area contributed by atoms with Gasteiger partial charge in [0.1, 0.15) is 5.75 Å². The highest BCUT2D eigenvalue weighted by Gasteiger charge is 2.24. The second-order valence-electron chi connectivity index (χ2n) is 7.54. The lowest BCUT2D eigenvalue weighted by Crippen LogP contribution is -2.54. The van der Waals surface area contributed by atoms with Crippen LogP contribution in [-0.2, 0) is 5.41 Å². The second kappa shape index (κ2) is 8.91. The molecule has 3 rings (SSSR count). The summed E-state index contributed by atoms with van der Waals surface area (Å²) in [7, 11) is 3.53. The van der Waals surface area contributed by atoms with Crippen LogP contribution < -0.4 is 15.0 Å². The summed E-state index contributed by atoms with van der Waals surface area (Å²) in [4.78, 5) is 17.7. The first-order chi connectivity index (χ1) is 13.5. The highest BCUT2D eigenvalue weighted by atomic mass is 16.5. The number of aliphatic imine (C=N–C) groups is 1. The predicted molar refractivity (Wildman–Crippen MR) is 113 cm³/mol. The van der Waals surface area contributed by atoms with Gasteiger partial charge in [-0.1, -0.05) is 26.0 Å². The fourth-order valence-electron chi connectivity index (χ4n) is 3.35. The maximum Gasteiger partial charge on any atom is 0.225 e. The SMILES string of the molecule is CN=C(NCC(C)(C)c1ccc(OC)cc1)N1CCN(c2ncccn2)CC1. The van der Waals surface area contributed by atoms with Gasteiger partial charge >= 0.3 is 0 Å². The fraction of sp³-hybridized carbons (Fsp3) is 0.476. The molecule has 1 aliphatic rings. The second-order valence-corrected chi connectivity index (χ2v) is 7.54. The summed E-state index contributed by atoms with van der Waals surface area (Å²) in [6.45, 7) is 8.81. The van der Waals surface area contributed by atoms with E-state index in [-0.39, 0.29) is 5.41 Å². The first-order valence-electron chi connectivity index (χ1n) is 9.65. The molecule has 0 amide bonds. The van der Waals surface area contributed by atoms with Gasteiger partial charge in [0, 0.05) is 57.6 Å². The number of hydrogen-bond donors (Lipinski definition) is 1. The monoisotopic (exact) mass is 382 g/mol. The number of anilines is 1. The van der Waals surface area contributed by atoms with Gasteiger partial charge in [0.15, 0.2) is 5.96 Å². The Morgan fingerprint density at radius 2 is 1.75 bits per heavy atom. The summed E-state index contributed by atoms with van der Waals surface area (Å²) in [6, 6.07) is 10.1. The number of nitrogens with one attached hydrogen (secondary N) is 1. The summed E-state index contributed by atoms with van der Waals surface area (Å²) in [5.41, 5.74) is 1.24. The number of hydrogen-bond acceptors (Lipinski definition) is 5. The summed E-state index contributed by atoms with van der Waals surface area (Å²) in [5, 5.41) is 3.56. The molecule has 0 bridgehead atoms. The van der Waals surface area contributed by atoms with E-state index in [1.54, 1.807) is 19.5 Å². The van der Waals surface area contributed by atoms with E-state index < -0.39 is 0 Å². The molecule has 28 heavy (non-hydrogen) atoms. The molecule has 2 aromatic rings. The summed E-state index contributed by atoms with van der Waals surface area (Å²) in [6.07, 6.45) is 3.58. The standard InChI is InChI=1S/C21H30N6O/c1-21(2,17-6-8-18(28-4)9-7-17)16-25-19(22-3)26-12-14-27(15-13-26)20-23-10-5-11-24-20/h5-11H,12-16H2,1-4H3,(H,22,25). The molecular weight excluding hydrogens is 352 g/mol. The minimum Gasteiger partial charge on any atom is -0.497 e. The highest BCUT2D eigenvalue weighted by molar-refractivity contribution is 5.80. The van der Waals surface area contributed by atoms with Crippen LogP contribution in [0.3, 0.4) is 0 Å².